The number of carbonyl (C=O) groups excluding carboxylic acids is 1. The van der Waals surface area contributed by atoms with Crippen LogP contribution in [0.2, 0.25) is 0 Å². The monoisotopic (exact) mass is 218 g/mol. The summed E-state index contributed by atoms with van der Waals surface area (Å²) >= 11 is 0. The first kappa shape index (κ1) is 10.5. The zero-order valence-electron chi connectivity index (χ0n) is 9.03. The van der Waals surface area contributed by atoms with Gasteiger partial charge in [-0.25, -0.2) is 0 Å². The molecular formula is C11H14N4O. The molecule has 0 aliphatic carbocycles. The number of hydrogen-bond acceptors (Lipinski definition) is 3. The van der Waals surface area contributed by atoms with Crippen molar-refractivity contribution >= 4 is 22.5 Å². The molecule has 2 aromatic rings. The van der Waals surface area contributed by atoms with E-state index in [-0.39, 0.29) is 11.9 Å². The number of amides is 1. The minimum absolute atomic E-state index is 0.0295. The second-order valence-electron chi connectivity index (χ2n) is 3.89. The van der Waals surface area contributed by atoms with Crippen LogP contribution >= 0.6 is 0 Å². The van der Waals surface area contributed by atoms with Gasteiger partial charge in [0.15, 0.2) is 0 Å². The van der Waals surface area contributed by atoms with E-state index in [0.29, 0.717) is 6.42 Å². The van der Waals surface area contributed by atoms with Crippen molar-refractivity contribution in [2.24, 2.45) is 5.73 Å². The molecule has 0 aliphatic heterocycles. The van der Waals surface area contributed by atoms with Gasteiger partial charge in [0.2, 0.25) is 5.91 Å². The zero-order chi connectivity index (χ0) is 11.5. The number of fused-ring (bicyclic) bond motifs is 1. The largest absolute Gasteiger partial charge is 0.382 e. The minimum atomic E-state index is -0.301. The molecule has 0 radical (unpaired) electrons. The van der Waals surface area contributed by atoms with E-state index in [1.54, 1.807) is 6.20 Å². The third-order valence-electron chi connectivity index (χ3n) is 2.36. The van der Waals surface area contributed by atoms with Crippen LogP contribution in [0, 0.1) is 0 Å². The normalized spacial score (nSPS) is 12.6. The van der Waals surface area contributed by atoms with E-state index in [1.165, 1.54) is 0 Å². The van der Waals surface area contributed by atoms with Gasteiger partial charge in [-0.1, -0.05) is 0 Å². The smallest absolute Gasteiger partial charge is 0.219 e. The fourth-order valence-electron chi connectivity index (χ4n) is 1.67. The molecule has 1 aromatic heterocycles. The van der Waals surface area contributed by atoms with Gasteiger partial charge < -0.3 is 11.1 Å². The van der Waals surface area contributed by atoms with Crippen molar-refractivity contribution in [1.82, 2.24) is 10.2 Å². The van der Waals surface area contributed by atoms with E-state index in [9.17, 15) is 4.79 Å². The molecule has 1 amide bonds. The molecule has 0 saturated heterocycles. The van der Waals surface area contributed by atoms with Crippen LogP contribution in [0.4, 0.5) is 5.69 Å². The first-order valence-corrected chi connectivity index (χ1v) is 5.13. The summed E-state index contributed by atoms with van der Waals surface area (Å²) in [6.07, 6.45) is 2.09. The molecular weight excluding hydrogens is 204 g/mol. The Morgan fingerprint density at radius 2 is 2.44 bits per heavy atom. The molecule has 1 unspecified atom stereocenters. The van der Waals surface area contributed by atoms with Gasteiger partial charge in [0.05, 0.1) is 11.7 Å². The van der Waals surface area contributed by atoms with Crippen molar-refractivity contribution in [3.63, 3.8) is 0 Å². The lowest BCUT2D eigenvalue weighted by atomic mass is 10.2. The number of primary amides is 1. The van der Waals surface area contributed by atoms with Gasteiger partial charge in [-0.15, -0.1) is 0 Å². The van der Waals surface area contributed by atoms with Crippen molar-refractivity contribution in [1.29, 1.82) is 0 Å². The molecule has 1 aromatic carbocycles. The van der Waals surface area contributed by atoms with Crippen molar-refractivity contribution in [2.75, 3.05) is 5.32 Å². The van der Waals surface area contributed by atoms with Gasteiger partial charge in [-0.2, -0.15) is 5.10 Å². The molecule has 0 saturated carbocycles. The Bertz CT molecular complexity index is 505. The third kappa shape index (κ3) is 2.31. The summed E-state index contributed by atoms with van der Waals surface area (Å²) in [5.74, 6) is -0.301. The standard InChI is InChI=1S/C11H14N4O/c1-7(4-11(12)16)14-9-2-3-10-8(5-9)6-13-15-10/h2-3,5-7,14H,4H2,1H3,(H2,12,16)(H,13,15). The lowest BCUT2D eigenvalue weighted by Gasteiger charge is -2.13. The van der Waals surface area contributed by atoms with Gasteiger partial charge in [-0.3, -0.25) is 9.89 Å². The highest BCUT2D eigenvalue weighted by Crippen LogP contribution is 2.17. The SMILES string of the molecule is CC(CC(N)=O)Nc1ccc2[nH]ncc2c1. The number of rotatable bonds is 4. The molecule has 5 heteroatoms. The predicted octanol–water partition coefficient (Wildman–Crippen LogP) is 1.24. The summed E-state index contributed by atoms with van der Waals surface area (Å²) in [5.41, 5.74) is 7.08. The Hall–Kier alpha value is -2.04. The molecule has 1 heterocycles. The fourth-order valence-corrected chi connectivity index (χ4v) is 1.67. The molecule has 4 N–H and O–H groups in total. The molecule has 2 rings (SSSR count). The maximum atomic E-state index is 10.7. The number of benzene rings is 1. The fraction of sp³-hybridized carbons (Fsp3) is 0.273. The number of nitrogens with zero attached hydrogens (tertiary/aromatic N) is 1. The van der Waals surface area contributed by atoms with E-state index >= 15 is 0 Å². The summed E-state index contributed by atoms with van der Waals surface area (Å²) in [7, 11) is 0. The molecule has 16 heavy (non-hydrogen) atoms. The molecule has 0 aliphatic rings. The predicted molar refractivity (Wildman–Crippen MR) is 63.0 cm³/mol. The topological polar surface area (TPSA) is 83.8 Å². The molecule has 5 nitrogen and oxygen atoms in total. The molecule has 0 bridgehead atoms. The molecule has 84 valence electrons. The number of hydrogen-bond donors (Lipinski definition) is 3. The quantitative estimate of drug-likeness (QED) is 0.721. The van der Waals surface area contributed by atoms with Crippen molar-refractivity contribution in [3.8, 4) is 0 Å². The Balaban J connectivity index is 2.11. The second kappa shape index (κ2) is 4.22. The van der Waals surface area contributed by atoms with Crippen LogP contribution in [0.3, 0.4) is 0 Å². The van der Waals surface area contributed by atoms with Crippen LogP contribution in [-0.4, -0.2) is 22.1 Å². The van der Waals surface area contributed by atoms with Crippen molar-refractivity contribution < 1.29 is 4.79 Å². The molecule has 0 spiro atoms. The van der Waals surface area contributed by atoms with Crippen LogP contribution in [0.1, 0.15) is 13.3 Å². The highest BCUT2D eigenvalue weighted by molar-refractivity contribution is 5.82. The third-order valence-corrected chi connectivity index (χ3v) is 2.36. The number of carbonyl (C=O) groups is 1. The summed E-state index contributed by atoms with van der Waals surface area (Å²) in [6.45, 7) is 1.92. The summed E-state index contributed by atoms with van der Waals surface area (Å²) in [4.78, 5) is 10.7. The first-order chi connectivity index (χ1) is 7.65. The lowest BCUT2D eigenvalue weighted by molar-refractivity contribution is -0.118. The average Bonchev–Trinajstić information content (AvgIpc) is 2.63. The number of nitrogens with two attached hydrogens (primary N) is 1. The van der Waals surface area contributed by atoms with Crippen LogP contribution in [-0.2, 0) is 4.79 Å². The van der Waals surface area contributed by atoms with Gasteiger partial charge in [0.25, 0.3) is 0 Å². The molecule has 1 atom stereocenters. The van der Waals surface area contributed by atoms with E-state index in [1.807, 2.05) is 25.1 Å². The highest BCUT2D eigenvalue weighted by Gasteiger charge is 2.06. The van der Waals surface area contributed by atoms with Crippen LogP contribution < -0.4 is 11.1 Å². The summed E-state index contributed by atoms with van der Waals surface area (Å²) in [6, 6.07) is 5.90. The average molecular weight is 218 g/mol. The number of aromatic amines is 1. The lowest BCUT2D eigenvalue weighted by Crippen LogP contribution is -2.23. The Labute approximate surface area is 93.0 Å². The Morgan fingerprint density at radius 1 is 1.62 bits per heavy atom. The van der Waals surface area contributed by atoms with Crippen LogP contribution in [0.25, 0.3) is 10.9 Å². The van der Waals surface area contributed by atoms with E-state index in [4.69, 9.17) is 5.73 Å². The van der Waals surface area contributed by atoms with E-state index in [0.717, 1.165) is 16.6 Å². The summed E-state index contributed by atoms with van der Waals surface area (Å²) < 4.78 is 0. The van der Waals surface area contributed by atoms with Gasteiger partial charge >= 0.3 is 0 Å². The van der Waals surface area contributed by atoms with Crippen molar-refractivity contribution in [3.05, 3.63) is 24.4 Å². The van der Waals surface area contributed by atoms with Gasteiger partial charge in [-0.05, 0) is 25.1 Å². The van der Waals surface area contributed by atoms with Gasteiger partial charge in [0, 0.05) is 23.5 Å². The molecule has 0 fully saturated rings. The maximum Gasteiger partial charge on any atom is 0.219 e. The number of aromatic nitrogens is 2. The minimum Gasteiger partial charge on any atom is -0.382 e. The highest BCUT2D eigenvalue weighted by atomic mass is 16.1. The second-order valence-corrected chi connectivity index (χ2v) is 3.89. The van der Waals surface area contributed by atoms with Crippen LogP contribution in [0.15, 0.2) is 24.4 Å². The summed E-state index contributed by atoms with van der Waals surface area (Å²) in [5, 5.41) is 11.1. The Kier molecular flexibility index (Phi) is 2.76. The van der Waals surface area contributed by atoms with E-state index in [2.05, 4.69) is 15.5 Å². The Morgan fingerprint density at radius 3 is 3.19 bits per heavy atom. The van der Waals surface area contributed by atoms with Gasteiger partial charge in [0.1, 0.15) is 0 Å². The van der Waals surface area contributed by atoms with Crippen molar-refractivity contribution in [2.45, 2.75) is 19.4 Å². The first-order valence-electron chi connectivity index (χ1n) is 5.13. The number of nitrogens with one attached hydrogen (secondary N) is 2. The number of anilines is 1. The maximum absolute atomic E-state index is 10.7. The number of H-pyrrole nitrogens is 1. The van der Waals surface area contributed by atoms with Crippen LogP contribution in [0.5, 0.6) is 0 Å². The van der Waals surface area contributed by atoms with E-state index < -0.39 is 0 Å². The zero-order valence-corrected chi connectivity index (χ0v) is 9.03.